The summed E-state index contributed by atoms with van der Waals surface area (Å²) in [7, 11) is 0. The Morgan fingerprint density at radius 1 is 1.18 bits per heavy atom. The number of nitriles is 1. The molecular weight excluding hydrogens is 420 g/mol. The van der Waals surface area contributed by atoms with Crippen LogP contribution in [0.1, 0.15) is 24.2 Å². The number of piperidine rings is 1. The van der Waals surface area contributed by atoms with Crippen molar-refractivity contribution in [2.45, 2.75) is 31.5 Å². The molecule has 9 heteroatoms. The third kappa shape index (κ3) is 4.72. The summed E-state index contributed by atoms with van der Waals surface area (Å²) < 4.78 is 11.1. The number of amides is 1. The molecule has 0 radical (unpaired) electrons. The van der Waals surface area contributed by atoms with Crippen molar-refractivity contribution in [2.75, 3.05) is 25.1 Å². The SMILES string of the molecule is N#Cc1ccc2cccc(NC(=O)[C@@H]3CC[C@@H](NCc4cc5c(cn4)OCCO5)CN3)c2n1. The maximum absolute atomic E-state index is 12.9. The van der Waals surface area contributed by atoms with Crippen molar-refractivity contribution in [3.05, 3.63) is 54.0 Å². The number of carbonyl (C=O) groups excluding carboxylic acids is 1. The first-order valence-corrected chi connectivity index (χ1v) is 11.0. The molecule has 0 aliphatic carbocycles. The standard InChI is InChI=1S/C24H24N6O3/c25-11-16-5-4-15-2-1-3-19(23(15)29-16)30-24(31)20-7-6-17(12-28-20)26-13-18-10-21-22(14-27-18)33-9-8-32-21/h1-5,10,14,17,20,26,28H,6-9,12-13H2,(H,30,31)/t17-,20+/m1/s1. The number of carbonyl (C=O) groups is 1. The number of hydrogen-bond acceptors (Lipinski definition) is 8. The van der Waals surface area contributed by atoms with Crippen LogP contribution < -0.4 is 25.4 Å². The number of anilines is 1. The highest BCUT2D eigenvalue weighted by atomic mass is 16.6. The van der Waals surface area contributed by atoms with Gasteiger partial charge in [-0.25, -0.2) is 4.98 Å². The van der Waals surface area contributed by atoms with Gasteiger partial charge in [-0.3, -0.25) is 9.78 Å². The fraction of sp³-hybridized carbons (Fsp3) is 0.333. The summed E-state index contributed by atoms with van der Waals surface area (Å²) in [4.78, 5) is 21.6. The van der Waals surface area contributed by atoms with E-state index in [1.807, 2.05) is 36.4 Å². The van der Waals surface area contributed by atoms with Crippen LogP contribution in [0.3, 0.4) is 0 Å². The van der Waals surface area contributed by atoms with Gasteiger partial charge in [0.1, 0.15) is 25.0 Å². The lowest BCUT2D eigenvalue weighted by Gasteiger charge is -2.30. The molecule has 3 aromatic rings. The average molecular weight is 444 g/mol. The van der Waals surface area contributed by atoms with Crippen molar-refractivity contribution in [3.63, 3.8) is 0 Å². The lowest BCUT2D eigenvalue weighted by molar-refractivity contribution is -0.118. The summed E-state index contributed by atoms with van der Waals surface area (Å²) in [6, 6.07) is 13.0. The van der Waals surface area contributed by atoms with E-state index in [1.165, 1.54) is 0 Å². The van der Waals surface area contributed by atoms with Gasteiger partial charge in [0.25, 0.3) is 0 Å². The van der Waals surface area contributed by atoms with Crippen LogP contribution in [0.25, 0.3) is 10.9 Å². The summed E-state index contributed by atoms with van der Waals surface area (Å²) in [5.41, 5.74) is 2.44. The molecule has 168 valence electrons. The minimum Gasteiger partial charge on any atom is -0.486 e. The molecule has 2 aromatic heterocycles. The minimum atomic E-state index is -0.287. The number of aromatic nitrogens is 2. The first-order valence-electron chi connectivity index (χ1n) is 11.0. The molecule has 2 aliphatic heterocycles. The lowest BCUT2D eigenvalue weighted by Crippen LogP contribution is -2.52. The zero-order valence-corrected chi connectivity index (χ0v) is 18.0. The van der Waals surface area contributed by atoms with E-state index in [1.54, 1.807) is 12.3 Å². The van der Waals surface area contributed by atoms with Gasteiger partial charge in [0.2, 0.25) is 5.91 Å². The highest BCUT2D eigenvalue weighted by Gasteiger charge is 2.26. The van der Waals surface area contributed by atoms with Crippen LogP contribution in [-0.2, 0) is 11.3 Å². The van der Waals surface area contributed by atoms with Gasteiger partial charge in [-0.05, 0) is 31.0 Å². The van der Waals surface area contributed by atoms with Crippen LogP contribution in [0, 0.1) is 11.3 Å². The van der Waals surface area contributed by atoms with E-state index in [0.717, 1.165) is 23.3 Å². The predicted octanol–water partition coefficient (Wildman–Crippen LogP) is 2.12. The smallest absolute Gasteiger partial charge is 0.241 e. The van der Waals surface area contributed by atoms with Gasteiger partial charge in [0, 0.05) is 30.6 Å². The van der Waals surface area contributed by atoms with Crippen molar-refractivity contribution in [1.29, 1.82) is 5.26 Å². The van der Waals surface area contributed by atoms with Gasteiger partial charge < -0.3 is 25.4 Å². The molecule has 1 amide bonds. The number of benzene rings is 1. The van der Waals surface area contributed by atoms with Gasteiger partial charge in [0.05, 0.1) is 29.1 Å². The molecule has 2 atom stereocenters. The van der Waals surface area contributed by atoms with Crippen LogP contribution in [0.5, 0.6) is 11.5 Å². The number of nitrogens with zero attached hydrogens (tertiary/aromatic N) is 3. The molecule has 3 N–H and O–H groups in total. The fourth-order valence-electron chi connectivity index (χ4n) is 4.12. The molecule has 5 rings (SSSR count). The number of para-hydroxylation sites is 1. The van der Waals surface area contributed by atoms with Gasteiger partial charge >= 0.3 is 0 Å². The third-order valence-electron chi connectivity index (χ3n) is 5.88. The Hall–Kier alpha value is -3.74. The van der Waals surface area contributed by atoms with E-state index in [0.29, 0.717) is 55.4 Å². The number of ether oxygens (including phenoxy) is 2. The number of rotatable bonds is 5. The van der Waals surface area contributed by atoms with Gasteiger partial charge in [0.15, 0.2) is 11.5 Å². The van der Waals surface area contributed by atoms with Crippen molar-refractivity contribution in [1.82, 2.24) is 20.6 Å². The van der Waals surface area contributed by atoms with Crippen molar-refractivity contribution in [3.8, 4) is 17.6 Å². The van der Waals surface area contributed by atoms with Gasteiger partial charge in [-0.2, -0.15) is 5.26 Å². The number of pyridine rings is 2. The Labute approximate surface area is 191 Å². The van der Waals surface area contributed by atoms with Gasteiger partial charge in [-0.15, -0.1) is 0 Å². The molecule has 33 heavy (non-hydrogen) atoms. The highest BCUT2D eigenvalue weighted by molar-refractivity contribution is 6.02. The molecule has 2 aliphatic rings. The molecule has 0 spiro atoms. The van der Waals surface area contributed by atoms with E-state index >= 15 is 0 Å². The molecule has 1 fully saturated rings. The lowest BCUT2D eigenvalue weighted by atomic mass is 10.00. The molecule has 9 nitrogen and oxygen atoms in total. The Morgan fingerprint density at radius 2 is 2.06 bits per heavy atom. The maximum atomic E-state index is 12.9. The molecule has 0 saturated carbocycles. The van der Waals surface area contributed by atoms with Crippen LogP contribution in [0.2, 0.25) is 0 Å². The molecule has 1 aromatic carbocycles. The van der Waals surface area contributed by atoms with Crippen LogP contribution in [0.15, 0.2) is 42.6 Å². The summed E-state index contributed by atoms with van der Waals surface area (Å²) in [5, 5.41) is 19.8. The monoisotopic (exact) mass is 444 g/mol. The molecule has 0 unspecified atom stereocenters. The third-order valence-corrected chi connectivity index (χ3v) is 5.88. The number of hydrogen-bond donors (Lipinski definition) is 3. The van der Waals surface area contributed by atoms with E-state index in [2.05, 4.69) is 25.9 Å². The second-order valence-electron chi connectivity index (χ2n) is 8.11. The maximum Gasteiger partial charge on any atom is 0.241 e. The normalized spacial score (nSPS) is 19.6. The quantitative estimate of drug-likeness (QED) is 0.547. The Balaban J connectivity index is 1.15. The molecule has 1 saturated heterocycles. The van der Waals surface area contributed by atoms with E-state index in [-0.39, 0.29) is 18.0 Å². The summed E-state index contributed by atoms with van der Waals surface area (Å²) >= 11 is 0. The number of fused-ring (bicyclic) bond motifs is 2. The topological polar surface area (TPSA) is 121 Å². The van der Waals surface area contributed by atoms with Crippen LogP contribution in [0.4, 0.5) is 5.69 Å². The average Bonchev–Trinajstić information content (AvgIpc) is 2.87. The fourth-order valence-corrected chi connectivity index (χ4v) is 4.12. The van der Waals surface area contributed by atoms with Crippen molar-refractivity contribution >= 4 is 22.5 Å². The van der Waals surface area contributed by atoms with Crippen LogP contribution in [-0.4, -0.2) is 47.7 Å². The summed E-state index contributed by atoms with van der Waals surface area (Å²) in [6.45, 7) is 2.39. The second-order valence-corrected chi connectivity index (χ2v) is 8.11. The van der Waals surface area contributed by atoms with E-state index < -0.39 is 0 Å². The van der Waals surface area contributed by atoms with Gasteiger partial charge in [-0.1, -0.05) is 12.1 Å². The molecule has 4 heterocycles. The Kier molecular flexibility index (Phi) is 6.02. The van der Waals surface area contributed by atoms with E-state index in [9.17, 15) is 4.79 Å². The van der Waals surface area contributed by atoms with Crippen LogP contribution >= 0.6 is 0 Å². The molecule has 0 bridgehead atoms. The number of nitrogens with one attached hydrogen (secondary N) is 3. The minimum absolute atomic E-state index is 0.0985. The Bertz CT molecular complexity index is 1220. The Morgan fingerprint density at radius 3 is 2.88 bits per heavy atom. The van der Waals surface area contributed by atoms with Crippen molar-refractivity contribution in [2.24, 2.45) is 0 Å². The van der Waals surface area contributed by atoms with E-state index in [4.69, 9.17) is 14.7 Å². The largest absolute Gasteiger partial charge is 0.486 e. The molecular formula is C24H24N6O3. The predicted molar refractivity (Wildman–Crippen MR) is 122 cm³/mol. The summed E-state index contributed by atoms with van der Waals surface area (Å²) in [5.74, 6) is 1.32. The first-order chi connectivity index (χ1) is 16.2. The zero-order valence-electron chi connectivity index (χ0n) is 18.0. The van der Waals surface area contributed by atoms with Crippen molar-refractivity contribution < 1.29 is 14.3 Å². The second kappa shape index (κ2) is 9.40. The first kappa shape index (κ1) is 21.1. The zero-order chi connectivity index (χ0) is 22.6. The summed E-state index contributed by atoms with van der Waals surface area (Å²) in [6.07, 6.45) is 3.27. The highest BCUT2D eigenvalue weighted by Crippen LogP contribution is 2.29.